The topological polar surface area (TPSA) is 88.2 Å². The van der Waals surface area contributed by atoms with Gasteiger partial charge in [-0.25, -0.2) is 9.18 Å². The Balaban J connectivity index is 1.42. The van der Waals surface area contributed by atoms with Crippen molar-refractivity contribution in [2.75, 3.05) is 37.5 Å². The highest BCUT2D eigenvalue weighted by atomic mass is 35.5. The Labute approximate surface area is 257 Å². The third-order valence-electron chi connectivity index (χ3n) is 9.34. The first kappa shape index (κ1) is 28.1. The number of fused-ring (bicyclic) bond motifs is 3. The second kappa shape index (κ2) is 10.2. The Morgan fingerprint density at radius 1 is 1.09 bits per heavy atom. The van der Waals surface area contributed by atoms with E-state index in [1.54, 1.807) is 41.3 Å². The lowest BCUT2D eigenvalue weighted by Gasteiger charge is -2.41. The smallest absolute Gasteiger partial charge is 0.337 e. The van der Waals surface area contributed by atoms with Gasteiger partial charge in [0.25, 0.3) is 0 Å². The summed E-state index contributed by atoms with van der Waals surface area (Å²) >= 11 is 12.6. The molecule has 7 rings (SSSR count). The third kappa shape index (κ3) is 4.08. The highest BCUT2D eigenvalue weighted by Crippen LogP contribution is 2.62. The number of hydrogen-bond donors (Lipinski definition) is 1. The van der Waals surface area contributed by atoms with E-state index < -0.39 is 35.2 Å². The number of methoxy groups -OCH3 is 2. The van der Waals surface area contributed by atoms with E-state index in [-0.39, 0.29) is 34.5 Å². The first-order chi connectivity index (χ1) is 20.7. The highest BCUT2D eigenvalue weighted by molar-refractivity contribution is 6.31. The van der Waals surface area contributed by atoms with Gasteiger partial charge in [-0.15, -0.1) is 0 Å². The van der Waals surface area contributed by atoms with E-state index in [4.69, 9.17) is 32.7 Å². The summed E-state index contributed by atoms with van der Waals surface area (Å²) in [5.74, 6) is -2.78. The number of anilines is 2. The van der Waals surface area contributed by atoms with Crippen LogP contribution in [0.1, 0.15) is 40.2 Å². The lowest BCUT2D eigenvalue weighted by molar-refractivity contribution is -0.128. The molecule has 11 heteroatoms. The molecule has 0 bridgehead atoms. The second-order valence-corrected chi connectivity index (χ2v) is 12.4. The number of ether oxygens (including phenoxy) is 2. The molecule has 0 radical (unpaired) electrons. The van der Waals surface area contributed by atoms with Crippen molar-refractivity contribution in [2.24, 2.45) is 11.8 Å². The third-order valence-corrected chi connectivity index (χ3v) is 9.87. The second-order valence-electron chi connectivity index (χ2n) is 11.5. The predicted molar refractivity (Wildman–Crippen MR) is 159 cm³/mol. The molecule has 8 nitrogen and oxygen atoms in total. The van der Waals surface area contributed by atoms with Crippen LogP contribution in [0.25, 0.3) is 0 Å². The maximum Gasteiger partial charge on any atom is 0.337 e. The molecule has 3 aliphatic heterocycles. The van der Waals surface area contributed by atoms with E-state index in [1.165, 1.54) is 26.4 Å². The summed E-state index contributed by atoms with van der Waals surface area (Å²) in [5, 5.41) is 3.38. The van der Waals surface area contributed by atoms with Crippen molar-refractivity contribution in [3.05, 3.63) is 87.2 Å². The van der Waals surface area contributed by atoms with Crippen molar-refractivity contribution in [1.29, 1.82) is 0 Å². The number of amides is 2. The van der Waals surface area contributed by atoms with Crippen LogP contribution in [-0.2, 0) is 19.9 Å². The summed E-state index contributed by atoms with van der Waals surface area (Å²) < 4.78 is 26.5. The van der Waals surface area contributed by atoms with Gasteiger partial charge in [-0.05, 0) is 60.7 Å². The van der Waals surface area contributed by atoms with Gasteiger partial charge in [-0.3, -0.25) is 14.5 Å². The quantitative estimate of drug-likeness (QED) is 0.359. The predicted octanol–water partition coefficient (Wildman–Crippen LogP) is 5.62. The van der Waals surface area contributed by atoms with Crippen LogP contribution in [0.2, 0.25) is 10.0 Å². The Kier molecular flexibility index (Phi) is 6.68. The van der Waals surface area contributed by atoms with Crippen LogP contribution in [0.4, 0.5) is 15.8 Å². The van der Waals surface area contributed by atoms with Crippen LogP contribution in [-0.4, -0.2) is 56.0 Å². The summed E-state index contributed by atoms with van der Waals surface area (Å²) in [5.41, 5.74) is 0.825. The largest absolute Gasteiger partial charge is 0.495 e. The Bertz CT molecular complexity index is 1700. The van der Waals surface area contributed by atoms with Crippen LogP contribution < -0.4 is 15.0 Å². The zero-order chi connectivity index (χ0) is 30.2. The molecule has 4 atom stereocenters. The lowest BCUT2D eigenvalue weighted by atomic mass is 9.71. The molecule has 3 heterocycles. The summed E-state index contributed by atoms with van der Waals surface area (Å²) in [6.45, 7) is 0.801. The van der Waals surface area contributed by atoms with E-state index in [1.807, 2.05) is 6.07 Å². The van der Waals surface area contributed by atoms with Gasteiger partial charge in [0.1, 0.15) is 17.1 Å². The molecule has 1 N–H and O–H groups in total. The standard InChI is InChI=1S/C32H28Cl2FN3O5/c1-42-25-12-17(30(40)43-2)8-11-23(25)37-15-24-26(29(37)39)27(19-4-3-5-21(34)28(19)35)32(38(24)14-16-6-7-16)20-10-9-18(33)13-22(20)36-31(32)41/h3-5,8-13,16,24,26-27H,6-7,14-15H2,1-2H3,(H,36,41)/t24-,26+,27-,32+/m0/s1. The van der Waals surface area contributed by atoms with Crippen LogP contribution in [0, 0.1) is 17.7 Å². The number of hydrogen-bond acceptors (Lipinski definition) is 6. The van der Waals surface area contributed by atoms with Crippen LogP contribution >= 0.6 is 23.2 Å². The molecule has 3 fully saturated rings. The number of carbonyl (C=O) groups is 3. The van der Waals surface area contributed by atoms with Gasteiger partial charge < -0.3 is 19.7 Å². The molecule has 3 aromatic carbocycles. The molecular weight excluding hydrogens is 596 g/mol. The van der Waals surface area contributed by atoms with E-state index in [0.29, 0.717) is 40.2 Å². The van der Waals surface area contributed by atoms with E-state index >= 15 is 4.39 Å². The minimum Gasteiger partial charge on any atom is -0.495 e. The van der Waals surface area contributed by atoms with Crippen molar-refractivity contribution < 1.29 is 28.2 Å². The Morgan fingerprint density at radius 2 is 1.88 bits per heavy atom. The normalized spacial score (nSPS) is 26.1. The fourth-order valence-electron chi connectivity index (χ4n) is 7.38. The molecular formula is C32H28Cl2FN3O5. The van der Waals surface area contributed by atoms with Crippen molar-refractivity contribution in [2.45, 2.75) is 30.3 Å². The van der Waals surface area contributed by atoms with Crippen molar-refractivity contribution >= 4 is 52.4 Å². The van der Waals surface area contributed by atoms with Crippen molar-refractivity contribution in [3.8, 4) is 5.75 Å². The van der Waals surface area contributed by atoms with E-state index in [2.05, 4.69) is 10.2 Å². The lowest BCUT2D eigenvalue weighted by Crippen LogP contribution is -2.54. The molecule has 222 valence electrons. The van der Waals surface area contributed by atoms with Crippen LogP contribution in [0.3, 0.4) is 0 Å². The highest BCUT2D eigenvalue weighted by Gasteiger charge is 2.71. The fraction of sp³-hybridized carbons (Fsp3) is 0.344. The first-order valence-corrected chi connectivity index (χ1v) is 14.9. The zero-order valence-corrected chi connectivity index (χ0v) is 24.9. The molecule has 3 aromatic rings. The number of nitrogens with zero attached hydrogens (tertiary/aromatic N) is 2. The van der Waals surface area contributed by atoms with Crippen LogP contribution in [0.15, 0.2) is 54.6 Å². The van der Waals surface area contributed by atoms with Gasteiger partial charge in [-0.1, -0.05) is 41.4 Å². The molecule has 0 aromatic heterocycles. The van der Waals surface area contributed by atoms with Gasteiger partial charge in [0, 0.05) is 41.3 Å². The summed E-state index contributed by atoms with van der Waals surface area (Å²) in [6, 6.07) is 14.3. The van der Waals surface area contributed by atoms with Gasteiger partial charge in [0.05, 0.1) is 36.4 Å². The maximum atomic E-state index is 16.0. The number of carbonyl (C=O) groups excluding carboxylic acids is 3. The summed E-state index contributed by atoms with van der Waals surface area (Å²) in [7, 11) is 2.75. The van der Waals surface area contributed by atoms with Gasteiger partial charge in [-0.2, -0.15) is 0 Å². The summed E-state index contributed by atoms with van der Waals surface area (Å²) in [4.78, 5) is 44.9. The molecule has 2 saturated heterocycles. The minimum atomic E-state index is -1.36. The molecule has 1 spiro atoms. The number of benzene rings is 3. The number of rotatable bonds is 6. The maximum absolute atomic E-state index is 16.0. The fourth-order valence-corrected chi connectivity index (χ4v) is 7.73. The van der Waals surface area contributed by atoms with E-state index in [0.717, 1.165) is 12.8 Å². The average molecular weight is 624 g/mol. The van der Waals surface area contributed by atoms with Crippen LogP contribution in [0.5, 0.6) is 5.75 Å². The number of esters is 1. The Hall–Kier alpha value is -3.66. The zero-order valence-electron chi connectivity index (χ0n) is 23.4. The van der Waals surface area contributed by atoms with Gasteiger partial charge in [0.15, 0.2) is 0 Å². The van der Waals surface area contributed by atoms with Crippen molar-refractivity contribution in [1.82, 2.24) is 4.90 Å². The van der Waals surface area contributed by atoms with Gasteiger partial charge >= 0.3 is 5.97 Å². The molecule has 1 aliphatic carbocycles. The summed E-state index contributed by atoms with van der Waals surface area (Å²) in [6.07, 6.45) is 2.02. The molecule has 43 heavy (non-hydrogen) atoms. The number of nitrogens with one attached hydrogen (secondary N) is 1. The number of likely N-dealkylation sites (tertiary alicyclic amines) is 1. The van der Waals surface area contributed by atoms with Crippen molar-refractivity contribution in [3.63, 3.8) is 0 Å². The first-order valence-electron chi connectivity index (χ1n) is 14.1. The molecule has 2 amide bonds. The van der Waals surface area contributed by atoms with E-state index in [9.17, 15) is 14.4 Å². The SMILES string of the molecule is COC(=O)c1ccc(N2C[C@H]3[C@@H](C2=O)[C@H](c2cccc(Cl)c2F)[C@]2(C(=O)Nc4cc(Cl)ccc42)N3CC2CC2)c(OC)c1. The molecule has 0 unspecified atom stereocenters. The Morgan fingerprint density at radius 3 is 2.60 bits per heavy atom. The van der Waals surface area contributed by atoms with Gasteiger partial charge in [0.2, 0.25) is 11.8 Å². The minimum absolute atomic E-state index is 0.0815. The molecule has 4 aliphatic rings. The average Bonchev–Trinajstić information content (AvgIpc) is 3.63. The molecule has 1 saturated carbocycles. The monoisotopic (exact) mass is 623 g/mol. The number of halogens is 3.